The van der Waals surface area contributed by atoms with Crippen LogP contribution >= 0.6 is 12.4 Å². The number of benzene rings is 1. The Bertz CT molecular complexity index is 487. The number of sulfonamides is 1. The fraction of sp³-hybridized carbons (Fsp3) is 0.500. The minimum absolute atomic E-state index is 0. The lowest BCUT2D eigenvalue weighted by Gasteiger charge is -2.12. The second-order valence-corrected chi connectivity index (χ2v) is 6.33. The van der Waals surface area contributed by atoms with Gasteiger partial charge in [-0.2, -0.15) is 0 Å². The molecule has 1 atom stereocenters. The van der Waals surface area contributed by atoms with Crippen molar-refractivity contribution in [3.05, 3.63) is 35.6 Å². The Kier molecular flexibility index (Phi) is 6.19. The SMILES string of the molecule is Cl.O=S(=O)(Cc1ccc(F)cc1)NCC1CCCN1. The van der Waals surface area contributed by atoms with Crippen LogP contribution in [0.4, 0.5) is 4.39 Å². The van der Waals surface area contributed by atoms with E-state index < -0.39 is 10.0 Å². The summed E-state index contributed by atoms with van der Waals surface area (Å²) >= 11 is 0. The third kappa shape index (κ3) is 5.44. The van der Waals surface area contributed by atoms with E-state index in [2.05, 4.69) is 10.0 Å². The van der Waals surface area contributed by atoms with Gasteiger partial charge in [-0.1, -0.05) is 12.1 Å². The molecular formula is C12H18ClFN2O2S. The second-order valence-electron chi connectivity index (χ2n) is 4.53. The van der Waals surface area contributed by atoms with Gasteiger partial charge in [-0.25, -0.2) is 17.5 Å². The maximum atomic E-state index is 12.7. The fourth-order valence-corrected chi connectivity index (χ4v) is 3.20. The third-order valence-corrected chi connectivity index (χ3v) is 4.30. The van der Waals surface area contributed by atoms with Crippen LogP contribution in [0, 0.1) is 5.82 Å². The molecule has 0 spiro atoms. The molecule has 1 aromatic carbocycles. The highest BCUT2D eigenvalue weighted by molar-refractivity contribution is 7.88. The fourth-order valence-electron chi connectivity index (χ4n) is 2.01. The summed E-state index contributed by atoms with van der Waals surface area (Å²) in [6.45, 7) is 1.37. The average Bonchev–Trinajstić information content (AvgIpc) is 2.83. The van der Waals surface area contributed by atoms with Crippen LogP contribution in [0.2, 0.25) is 0 Å². The molecule has 2 N–H and O–H groups in total. The van der Waals surface area contributed by atoms with Gasteiger partial charge in [-0.05, 0) is 37.1 Å². The Morgan fingerprint density at radius 3 is 2.58 bits per heavy atom. The molecule has 1 aromatic rings. The normalized spacial score (nSPS) is 19.1. The topological polar surface area (TPSA) is 58.2 Å². The highest BCUT2D eigenvalue weighted by Gasteiger charge is 2.17. The van der Waals surface area contributed by atoms with E-state index in [1.807, 2.05) is 0 Å². The Labute approximate surface area is 119 Å². The summed E-state index contributed by atoms with van der Waals surface area (Å²) < 4.78 is 38.9. The van der Waals surface area contributed by atoms with Gasteiger partial charge in [0, 0.05) is 12.6 Å². The molecule has 1 heterocycles. The lowest BCUT2D eigenvalue weighted by Crippen LogP contribution is -2.37. The van der Waals surface area contributed by atoms with Crippen LogP contribution in [0.5, 0.6) is 0 Å². The molecular weight excluding hydrogens is 291 g/mol. The van der Waals surface area contributed by atoms with E-state index in [9.17, 15) is 12.8 Å². The Balaban J connectivity index is 0.00000180. The summed E-state index contributed by atoms with van der Waals surface area (Å²) in [6.07, 6.45) is 2.09. The molecule has 7 heteroatoms. The molecule has 1 saturated heterocycles. The molecule has 0 radical (unpaired) electrons. The van der Waals surface area contributed by atoms with Crippen molar-refractivity contribution in [2.75, 3.05) is 13.1 Å². The van der Waals surface area contributed by atoms with Crippen LogP contribution in [0.15, 0.2) is 24.3 Å². The summed E-state index contributed by atoms with van der Waals surface area (Å²) in [5, 5.41) is 3.22. The van der Waals surface area contributed by atoms with Gasteiger partial charge < -0.3 is 5.32 Å². The monoisotopic (exact) mass is 308 g/mol. The molecule has 0 amide bonds. The van der Waals surface area contributed by atoms with Crippen molar-refractivity contribution in [3.63, 3.8) is 0 Å². The van der Waals surface area contributed by atoms with Crippen molar-refractivity contribution in [2.24, 2.45) is 0 Å². The molecule has 0 saturated carbocycles. The summed E-state index contributed by atoms with van der Waals surface area (Å²) in [6, 6.07) is 5.74. The first-order valence-corrected chi connectivity index (χ1v) is 7.65. The zero-order chi connectivity index (χ0) is 13.0. The molecule has 0 aliphatic carbocycles. The minimum Gasteiger partial charge on any atom is -0.313 e. The second kappa shape index (κ2) is 7.19. The summed E-state index contributed by atoms with van der Waals surface area (Å²) in [4.78, 5) is 0. The van der Waals surface area contributed by atoms with Crippen molar-refractivity contribution < 1.29 is 12.8 Å². The van der Waals surface area contributed by atoms with Gasteiger partial charge in [0.25, 0.3) is 0 Å². The van der Waals surface area contributed by atoms with Crippen LogP contribution in [0.1, 0.15) is 18.4 Å². The van der Waals surface area contributed by atoms with Crippen molar-refractivity contribution in [2.45, 2.75) is 24.6 Å². The highest BCUT2D eigenvalue weighted by Crippen LogP contribution is 2.08. The summed E-state index contributed by atoms with van der Waals surface area (Å²) in [7, 11) is -3.35. The molecule has 2 rings (SSSR count). The first kappa shape index (κ1) is 16.4. The van der Waals surface area contributed by atoms with Crippen molar-refractivity contribution in [3.8, 4) is 0 Å². The summed E-state index contributed by atoms with van der Waals surface area (Å²) in [5.41, 5.74) is 0.586. The van der Waals surface area contributed by atoms with Crippen molar-refractivity contribution >= 4 is 22.4 Å². The third-order valence-electron chi connectivity index (χ3n) is 2.98. The van der Waals surface area contributed by atoms with Gasteiger partial charge in [0.05, 0.1) is 5.75 Å². The number of nitrogens with one attached hydrogen (secondary N) is 2. The van der Waals surface area contributed by atoms with E-state index in [-0.39, 0.29) is 30.0 Å². The largest absolute Gasteiger partial charge is 0.313 e. The smallest absolute Gasteiger partial charge is 0.215 e. The first-order chi connectivity index (χ1) is 8.55. The van der Waals surface area contributed by atoms with E-state index in [1.165, 1.54) is 24.3 Å². The van der Waals surface area contributed by atoms with Crippen LogP contribution in [-0.4, -0.2) is 27.5 Å². The molecule has 1 aliphatic rings. The van der Waals surface area contributed by atoms with Gasteiger partial charge in [0.1, 0.15) is 5.82 Å². The number of hydrogen-bond donors (Lipinski definition) is 2. The van der Waals surface area contributed by atoms with E-state index in [0.29, 0.717) is 12.1 Å². The van der Waals surface area contributed by atoms with Gasteiger partial charge in [-0.3, -0.25) is 0 Å². The van der Waals surface area contributed by atoms with Crippen LogP contribution in [0.25, 0.3) is 0 Å². The molecule has 1 aliphatic heterocycles. The first-order valence-electron chi connectivity index (χ1n) is 6.00. The van der Waals surface area contributed by atoms with E-state index in [1.54, 1.807) is 0 Å². The van der Waals surface area contributed by atoms with Crippen molar-refractivity contribution in [1.82, 2.24) is 10.0 Å². The number of halogens is 2. The Morgan fingerprint density at radius 2 is 2.00 bits per heavy atom. The van der Waals surface area contributed by atoms with Crippen LogP contribution < -0.4 is 10.0 Å². The summed E-state index contributed by atoms with van der Waals surface area (Å²) in [5.74, 6) is -0.473. The minimum atomic E-state index is -3.35. The number of hydrogen-bond acceptors (Lipinski definition) is 3. The molecule has 1 fully saturated rings. The Hall–Kier alpha value is -0.690. The van der Waals surface area contributed by atoms with Gasteiger partial charge in [0.15, 0.2) is 0 Å². The van der Waals surface area contributed by atoms with Crippen molar-refractivity contribution in [1.29, 1.82) is 0 Å². The maximum Gasteiger partial charge on any atom is 0.215 e. The number of rotatable bonds is 5. The predicted molar refractivity (Wildman–Crippen MR) is 75.3 cm³/mol. The van der Waals surface area contributed by atoms with Gasteiger partial charge >= 0.3 is 0 Å². The molecule has 0 bridgehead atoms. The quantitative estimate of drug-likeness (QED) is 0.865. The zero-order valence-electron chi connectivity index (χ0n) is 10.4. The molecule has 1 unspecified atom stereocenters. The van der Waals surface area contributed by atoms with Crippen LogP contribution in [-0.2, 0) is 15.8 Å². The lowest BCUT2D eigenvalue weighted by molar-refractivity contribution is 0.551. The molecule has 4 nitrogen and oxygen atoms in total. The molecule has 0 aromatic heterocycles. The van der Waals surface area contributed by atoms with E-state index in [0.717, 1.165) is 19.4 Å². The lowest BCUT2D eigenvalue weighted by atomic mass is 10.2. The van der Waals surface area contributed by atoms with Gasteiger partial charge in [0.2, 0.25) is 10.0 Å². The highest BCUT2D eigenvalue weighted by atomic mass is 35.5. The maximum absolute atomic E-state index is 12.7. The zero-order valence-corrected chi connectivity index (χ0v) is 12.1. The molecule has 19 heavy (non-hydrogen) atoms. The van der Waals surface area contributed by atoms with E-state index >= 15 is 0 Å². The average molecular weight is 309 g/mol. The Morgan fingerprint density at radius 1 is 1.32 bits per heavy atom. The standard InChI is InChI=1S/C12H17FN2O2S.ClH/c13-11-5-3-10(4-6-11)9-18(16,17)15-8-12-2-1-7-14-12;/h3-6,12,14-15H,1-2,7-9H2;1H. The molecule has 108 valence electrons. The van der Waals surface area contributed by atoms with Gasteiger partial charge in [-0.15, -0.1) is 12.4 Å². The van der Waals surface area contributed by atoms with E-state index in [4.69, 9.17) is 0 Å². The van der Waals surface area contributed by atoms with Crippen LogP contribution in [0.3, 0.4) is 0 Å². The predicted octanol–water partition coefficient (Wildman–Crippen LogP) is 1.42.